The molecule has 100 valence electrons. The zero-order valence-electron chi connectivity index (χ0n) is 11.9. The molecule has 0 saturated carbocycles. The van der Waals surface area contributed by atoms with Crippen molar-refractivity contribution in [1.82, 2.24) is 9.97 Å². The predicted octanol–water partition coefficient (Wildman–Crippen LogP) is 3.96. The predicted molar refractivity (Wildman–Crippen MR) is 84.0 cm³/mol. The van der Waals surface area contributed by atoms with Gasteiger partial charge in [-0.1, -0.05) is 36.4 Å². The topological polar surface area (TPSA) is 37.8 Å². The van der Waals surface area contributed by atoms with Crippen LogP contribution in [-0.4, -0.2) is 17.0 Å². The molecule has 2 aromatic carbocycles. The molecule has 0 spiro atoms. The molecule has 3 aromatic rings. The highest BCUT2D eigenvalue weighted by molar-refractivity contribution is 5.86. The summed E-state index contributed by atoms with van der Waals surface area (Å²) in [7, 11) is 1.89. The Morgan fingerprint density at radius 3 is 2.40 bits per heavy atom. The smallest absolute Gasteiger partial charge is 0.161 e. The first-order valence-corrected chi connectivity index (χ1v) is 6.71. The maximum Gasteiger partial charge on any atom is 0.161 e. The zero-order valence-corrected chi connectivity index (χ0v) is 11.9. The fourth-order valence-corrected chi connectivity index (χ4v) is 2.33. The maximum absolute atomic E-state index is 4.61. The van der Waals surface area contributed by atoms with Gasteiger partial charge in [-0.05, 0) is 30.7 Å². The van der Waals surface area contributed by atoms with Crippen LogP contribution in [0.15, 0.2) is 42.5 Å². The fraction of sp³-hybridized carbons (Fsp3) is 0.176. The first-order chi connectivity index (χ1) is 9.69. The Bertz CT molecular complexity index is 778. The van der Waals surface area contributed by atoms with Crippen molar-refractivity contribution < 1.29 is 0 Å². The highest BCUT2D eigenvalue weighted by Gasteiger charge is 2.09. The molecule has 1 N–H and O–H groups in total. The van der Waals surface area contributed by atoms with E-state index in [1.165, 1.54) is 10.8 Å². The first kappa shape index (κ1) is 12.6. The molecule has 0 aliphatic carbocycles. The quantitative estimate of drug-likeness (QED) is 0.760. The van der Waals surface area contributed by atoms with Crippen LogP contribution in [0.4, 0.5) is 5.82 Å². The SMILES string of the molecule is CNc1nc(-c2ccc3ccccc3c2)nc(C)c1C. The minimum absolute atomic E-state index is 0.767. The molecule has 0 amide bonds. The van der Waals surface area contributed by atoms with Crippen LogP contribution in [0.25, 0.3) is 22.2 Å². The lowest BCUT2D eigenvalue weighted by Gasteiger charge is -2.10. The summed E-state index contributed by atoms with van der Waals surface area (Å²) in [5.74, 6) is 1.66. The minimum atomic E-state index is 0.767. The summed E-state index contributed by atoms with van der Waals surface area (Å²) >= 11 is 0. The average Bonchev–Trinajstić information content (AvgIpc) is 2.49. The molecule has 0 aliphatic heterocycles. The molecule has 1 heterocycles. The molecule has 0 atom stereocenters. The van der Waals surface area contributed by atoms with Gasteiger partial charge in [0.1, 0.15) is 5.82 Å². The third-order valence-electron chi connectivity index (χ3n) is 3.63. The lowest BCUT2D eigenvalue weighted by molar-refractivity contribution is 1.07. The van der Waals surface area contributed by atoms with Gasteiger partial charge in [-0.25, -0.2) is 9.97 Å². The molecule has 3 rings (SSSR count). The van der Waals surface area contributed by atoms with Gasteiger partial charge in [0.05, 0.1) is 0 Å². The number of benzene rings is 2. The molecule has 0 aliphatic rings. The molecular formula is C17H17N3. The van der Waals surface area contributed by atoms with E-state index in [2.05, 4.69) is 45.6 Å². The molecule has 0 saturated heterocycles. The van der Waals surface area contributed by atoms with Crippen LogP contribution in [0.5, 0.6) is 0 Å². The third-order valence-corrected chi connectivity index (χ3v) is 3.63. The van der Waals surface area contributed by atoms with E-state index in [1.54, 1.807) is 0 Å². The van der Waals surface area contributed by atoms with Crippen molar-refractivity contribution in [1.29, 1.82) is 0 Å². The minimum Gasteiger partial charge on any atom is -0.373 e. The third kappa shape index (κ3) is 2.11. The second kappa shape index (κ2) is 4.93. The number of aryl methyl sites for hydroxylation is 1. The summed E-state index contributed by atoms with van der Waals surface area (Å²) in [5, 5.41) is 5.57. The normalized spacial score (nSPS) is 10.8. The Kier molecular flexibility index (Phi) is 3.11. The van der Waals surface area contributed by atoms with Crippen molar-refractivity contribution >= 4 is 16.6 Å². The van der Waals surface area contributed by atoms with E-state index in [1.807, 2.05) is 33.0 Å². The molecule has 0 unspecified atom stereocenters. The number of nitrogens with zero attached hydrogens (tertiary/aromatic N) is 2. The summed E-state index contributed by atoms with van der Waals surface area (Å²) in [4.78, 5) is 9.21. The monoisotopic (exact) mass is 263 g/mol. The van der Waals surface area contributed by atoms with Gasteiger partial charge in [-0.2, -0.15) is 0 Å². The first-order valence-electron chi connectivity index (χ1n) is 6.71. The highest BCUT2D eigenvalue weighted by atomic mass is 15.0. The Hall–Kier alpha value is -2.42. The number of aromatic nitrogens is 2. The lowest BCUT2D eigenvalue weighted by atomic mass is 10.1. The summed E-state index contributed by atoms with van der Waals surface area (Å²) in [6.45, 7) is 4.05. The second-order valence-corrected chi connectivity index (χ2v) is 4.92. The molecule has 3 heteroatoms. The number of hydrogen-bond acceptors (Lipinski definition) is 3. The van der Waals surface area contributed by atoms with Gasteiger partial charge in [0.25, 0.3) is 0 Å². The summed E-state index contributed by atoms with van der Waals surface area (Å²) in [6.07, 6.45) is 0. The Labute approximate surface area is 118 Å². The van der Waals surface area contributed by atoms with E-state index in [0.29, 0.717) is 0 Å². The molecule has 1 aromatic heterocycles. The number of nitrogens with one attached hydrogen (secondary N) is 1. The van der Waals surface area contributed by atoms with Crippen molar-refractivity contribution in [2.45, 2.75) is 13.8 Å². The van der Waals surface area contributed by atoms with E-state index >= 15 is 0 Å². The maximum atomic E-state index is 4.61. The number of rotatable bonds is 2. The standard InChI is InChI=1S/C17H17N3/c1-11-12(2)19-17(20-16(11)18-3)15-9-8-13-6-4-5-7-14(13)10-15/h4-10H,1-3H3,(H,18,19,20). The Morgan fingerprint density at radius 2 is 1.65 bits per heavy atom. The summed E-state index contributed by atoms with van der Waals surface area (Å²) < 4.78 is 0. The van der Waals surface area contributed by atoms with Crippen molar-refractivity contribution in [2.75, 3.05) is 12.4 Å². The van der Waals surface area contributed by atoms with E-state index in [9.17, 15) is 0 Å². The average molecular weight is 263 g/mol. The van der Waals surface area contributed by atoms with Crippen LogP contribution in [0.2, 0.25) is 0 Å². The van der Waals surface area contributed by atoms with E-state index in [4.69, 9.17) is 0 Å². The van der Waals surface area contributed by atoms with E-state index < -0.39 is 0 Å². The van der Waals surface area contributed by atoms with Gasteiger partial charge in [0.2, 0.25) is 0 Å². The Morgan fingerprint density at radius 1 is 0.900 bits per heavy atom. The van der Waals surface area contributed by atoms with Gasteiger partial charge in [-0.3, -0.25) is 0 Å². The number of hydrogen-bond donors (Lipinski definition) is 1. The molecule has 3 nitrogen and oxygen atoms in total. The van der Waals surface area contributed by atoms with Crippen LogP contribution < -0.4 is 5.32 Å². The van der Waals surface area contributed by atoms with Crippen molar-refractivity contribution in [2.24, 2.45) is 0 Å². The summed E-state index contributed by atoms with van der Waals surface area (Å²) in [5.41, 5.74) is 3.15. The van der Waals surface area contributed by atoms with Gasteiger partial charge in [-0.15, -0.1) is 0 Å². The van der Waals surface area contributed by atoms with Crippen molar-refractivity contribution in [3.8, 4) is 11.4 Å². The molecule has 20 heavy (non-hydrogen) atoms. The molecular weight excluding hydrogens is 246 g/mol. The number of anilines is 1. The molecule has 0 fully saturated rings. The van der Waals surface area contributed by atoms with E-state index in [0.717, 1.165) is 28.5 Å². The van der Waals surface area contributed by atoms with Crippen molar-refractivity contribution in [3.05, 3.63) is 53.7 Å². The molecule has 0 radical (unpaired) electrons. The van der Waals surface area contributed by atoms with E-state index in [-0.39, 0.29) is 0 Å². The fourth-order valence-electron chi connectivity index (χ4n) is 2.33. The summed E-state index contributed by atoms with van der Waals surface area (Å²) in [6, 6.07) is 14.6. The zero-order chi connectivity index (χ0) is 14.1. The lowest BCUT2D eigenvalue weighted by Crippen LogP contribution is -2.02. The Balaban J connectivity index is 2.17. The van der Waals surface area contributed by atoms with Crippen LogP contribution in [0.1, 0.15) is 11.3 Å². The van der Waals surface area contributed by atoms with Gasteiger partial charge < -0.3 is 5.32 Å². The largest absolute Gasteiger partial charge is 0.373 e. The van der Waals surface area contributed by atoms with Gasteiger partial charge in [0.15, 0.2) is 5.82 Å². The second-order valence-electron chi connectivity index (χ2n) is 4.92. The molecule has 0 bridgehead atoms. The highest BCUT2D eigenvalue weighted by Crippen LogP contribution is 2.24. The van der Waals surface area contributed by atoms with Crippen molar-refractivity contribution in [3.63, 3.8) is 0 Å². The van der Waals surface area contributed by atoms with Crippen LogP contribution >= 0.6 is 0 Å². The van der Waals surface area contributed by atoms with Crippen LogP contribution in [0, 0.1) is 13.8 Å². The number of fused-ring (bicyclic) bond motifs is 1. The van der Waals surface area contributed by atoms with Gasteiger partial charge >= 0.3 is 0 Å². The van der Waals surface area contributed by atoms with Crippen LogP contribution in [-0.2, 0) is 0 Å². The van der Waals surface area contributed by atoms with Gasteiger partial charge in [0, 0.05) is 23.9 Å². The van der Waals surface area contributed by atoms with Crippen LogP contribution in [0.3, 0.4) is 0 Å².